The van der Waals surface area contributed by atoms with Crippen molar-refractivity contribution in [1.29, 1.82) is 0 Å². The van der Waals surface area contributed by atoms with E-state index >= 15 is 0 Å². The van der Waals surface area contributed by atoms with Crippen molar-refractivity contribution in [2.75, 3.05) is 4.90 Å². The highest BCUT2D eigenvalue weighted by molar-refractivity contribution is 5.76. The topological polar surface area (TPSA) is 28.0 Å². The first kappa shape index (κ1) is 17.7. The Hall–Kier alpha value is -3.72. The Bertz CT molecular complexity index is 972. The molecule has 0 fully saturated rings. The predicted octanol–water partition coefficient (Wildman–Crippen LogP) is 7.44. The van der Waals surface area contributed by atoms with E-state index in [1.807, 2.05) is 42.5 Å². The molecule has 28 heavy (non-hydrogen) atoms. The Morgan fingerprint density at radius 3 is 1.50 bits per heavy atom. The molecule has 0 amide bonds. The number of rotatable bonds is 6. The fourth-order valence-electron chi connectivity index (χ4n) is 3.05. The SMILES string of the molecule is c1ccc(N=NCc2ccc(N(c3ccccc3)c3ccccc3)cc2)cc1. The van der Waals surface area contributed by atoms with E-state index < -0.39 is 0 Å². The Balaban J connectivity index is 1.56. The maximum Gasteiger partial charge on any atom is 0.0853 e. The van der Waals surface area contributed by atoms with E-state index in [0.717, 1.165) is 28.3 Å². The van der Waals surface area contributed by atoms with Gasteiger partial charge in [-0.2, -0.15) is 10.2 Å². The smallest absolute Gasteiger partial charge is 0.0853 e. The Labute approximate surface area is 165 Å². The van der Waals surface area contributed by atoms with E-state index in [-0.39, 0.29) is 0 Å². The van der Waals surface area contributed by atoms with Gasteiger partial charge in [-0.25, -0.2) is 0 Å². The standard InChI is InChI=1S/C25H21N3/c1-4-10-22(11-5-1)27-26-20-21-16-18-25(19-17-21)28(23-12-6-2-7-13-23)24-14-8-3-9-15-24/h1-19H,20H2. The van der Waals surface area contributed by atoms with Crippen LogP contribution in [0.15, 0.2) is 125 Å². The number of hydrogen-bond acceptors (Lipinski definition) is 3. The van der Waals surface area contributed by atoms with E-state index in [4.69, 9.17) is 0 Å². The monoisotopic (exact) mass is 363 g/mol. The molecule has 0 heterocycles. The second kappa shape index (κ2) is 8.78. The lowest BCUT2D eigenvalue weighted by molar-refractivity contribution is 0.959. The molecule has 0 saturated carbocycles. The van der Waals surface area contributed by atoms with Crippen LogP contribution in [-0.2, 0) is 6.54 Å². The summed E-state index contributed by atoms with van der Waals surface area (Å²) in [5.74, 6) is 0. The van der Waals surface area contributed by atoms with Crippen LogP contribution in [0.1, 0.15) is 5.56 Å². The van der Waals surface area contributed by atoms with E-state index in [9.17, 15) is 0 Å². The molecule has 4 aromatic carbocycles. The van der Waals surface area contributed by atoms with Crippen LogP contribution in [-0.4, -0.2) is 0 Å². The molecular weight excluding hydrogens is 342 g/mol. The summed E-state index contributed by atoms with van der Waals surface area (Å²) in [6.07, 6.45) is 0. The molecule has 0 aliphatic heterocycles. The van der Waals surface area contributed by atoms with Crippen molar-refractivity contribution in [2.24, 2.45) is 10.2 Å². The number of azo groups is 1. The highest BCUT2D eigenvalue weighted by Gasteiger charge is 2.11. The maximum absolute atomic E-state index is 4.31. The summed E-state index contributed by atoms with van der Waals surface area (Å²) in [5.41, 5.74) is 5.37. The van der Waals surface area contributed by atoms with Crippen molar-refractivity contribution < 1.29 is 0 Å². The normalized spacial score (nSPS) is 10.9. The molecule has 4 aromatic rings. The molecular formula is C25H21N3. The summed E-state index contributed by atoms with van der Waals surface area (Å²) in [7, 11) is 0. The fraction of sp³-hybridized carbons (Fsp3) is 0.0400. The van der Waals surface area contributed by atoms with Gasteiger partial charge in [0.2, 0.25) is 0 Å². The summed E-state index contributed by atoms with van der Waals surface area (Å²) in [4.78, 5) is 2.25. The van der Waals surface area contributed by atoms with Gasteiger partial charge in [0, 0.05) is 17.1 Å². The number of benzene rings is 4. The van der Waals surface area contributed by atoms with Gasteiger partial charge in [-0.1, -0.05) is 66.7 Å². The third-order valence-corrected chi connectivity index (χ3v) is 4.42. The van der Waals surface area contributed by atoms with Gasteiger partial charge in [0.05, 0.1) is 12.2 Å². The molecule has 3 heteroatoms. The lowest BCUT2D eigenvalue weighted by Crippen LogP contribution is -2.09. The van der Waals surface area contributed by atoms with Crippen molar-refractivity contribution in [3.63, 3.8) is 0 Å². The van der Waals surface area contributed by atoms with E-state index in [2.05, 4.69) is 87.9 Å². The Morgan fingerprint density at radius 2 is 0.964 bits per heavy atom. The van der Waals surface area contributed by atoms with Gasteiger partial charge >= 0.3 is 0 Å². The molecule has 0 bridgehead atoms. The van der Waals surface area contributed by atoms with Crippen molar-refractivity contribution in [3.05, 3.63) is 121 Å². The number of nitrogens with zero attached hydrogens (tertiary/aromatic N) is 3. The minimum atomic E-state index is 0.561. The molecule has 0 atom stereocenters. The predicted molar refractivity (Wildman–Crippen MR) is 116 cm³/mol. The summed E-state index contributed by atoms with van der Waals surface area (Å²) in [6.45, 7) is 0.561. The van der Waals surface area contributed by atoms with E-state index in [0.29, 0.717) is 6.54 Å². The second-order valence-electron chi connectivity index (χ2n) is 6.41. The number of hydrogen-bond donors (Lipinski definition) is 0. The molecule has 0 spiro atoms. The lowest BCUT2D eigenvalue weighted by Gasteiger charge is -2.25. The summed E-state index contributed by atoms with van der Waals surface area (Å²) in [6, 6.07) is 39.1. The molecule has 3 nitrogen and oxygen atoms in total. The summed E-state index contributed by atoms with van der Waals surface area (Å²) < 4.78 is 0. The molecule has 136 valence electrons. The molecule has 0 aliphatic carbocycles. The Morgan fingerprint density at radius 1 is 0.500 bits per heavy atom. The van der Waals surface area contributed by atoms with Crippen LogP contribution >= 0.6 is 0 Å². The summed E-state index contributed by atoms with van der Waals surface area (Å²) in [5, 5.41) is 8.58. The van der Waals surface area contributed by atoms with Crippen LogP contribution in [0.3, 0.4) is 0 Å². The van der Waals surface area contributed by atoms with Crippen molar-refractivity contribution in [1.82, 2.24) is 0 Å². The van der Waals surface area contributed by atoms with Crippen LogP contribution in [0, 0.1) is 0 Å². The van der Waals surface area contributed by atoms with Crippen LogP contribution < -0.4 is 4.90 Å². The van der Waals surface area contributed by atoms with Gasteiger partial charge in [0.15, 0.2) is 0 Å². The van der Waals surface area contributed by atoms with Crippen LogP contribution in [0.5, 0.6) is 0 Å². The molecule has 0 aliphatic rings. The fourth-order valence-corrected chi connectivity index (χ4v) is 3.05. The first-order valence-electron chi connectivity index (χ1n) is 9.32. The van der Waals surface area contributed by atoms with Gasteiger partial charge in [0.25, 0.3) is 0 Å². The minimum Gasteiger partial charge on any atom is -0.311 e. The average molecular weight is 363 g/mol. The maximum atomic E-state index is 4.31. The van der Waals surface area contributed by atoms with Crippen molar-refractivity contribution in [2.45, 2.75) is 6.54 Å². The summed E-state index contributed by atoms with van der Waals surface area (Å²) >= 11 is 0. The van der Waals surface area contributed by atoms with Crippen molar-refractivity contribution in [3.8, 4) is 0 Å². The number of anilines is 3. The molecule has 4 rings (SSSR count). The molecule has 0 unspecified atom stereocenters. The Kier molecular flexibility index (Phi) is 5.54. The quantitative estimate of drug-likeness (QED) is 0.327. The highest BCUT2D eigenvalue weighted by Crippen LogP contribution is 2.34. The molecule has 0 radical (unpaired) electrons. The van der Waals surface area contributed by atoms with Gasteiger partial charge in [-0.15, -0.1) is 0 Å². The van der Waals surface area contributed by atoms with Gasteiger partial charge in [-0.3, -0.25) is 0 Å². The zero-order valence-corrected chi connectivity index (χ0v) is 15.5. The molecule has 0 aromatic heterocycles. The van der Waals surface area contributed by atoms with Crippen LogP contribution in [0.25, 0.3) is 0 Å². The van der Waals surface area contributed by atoms with E-state index in [1.54, 1.807) is 0 Å². The van der Waals surface area contributed by atoms with Gasteiger partial charge < -0.3 is 4.90 Å². The lowest BCUT2D eigenvalue weighted by atomic mass is 10.1. The molecule has 0 saturated heterocycles. The number of para-hydroxylation sites is 2. The highest BCUT2D eigenvalue weighted by atomic mass is 15.1. The first-order chi connectivity index (χ1) is 13.9. The zero-order valence-electron chi connectivity index (χ0n) is 15.5. The van der Waals surface area contributed by atoms with Crippen molar-refractivity contribution >= 4 is 22.7 Å². The van der Waals surface area contributed by atoms with Gasteiger partial charge in [-0.05, 0) is 54.1 Å². The third kappa shape index (κ3) is 4.33. The third-order valence-electron chi connectivity index (χ3n) is 4.42. The first-order valence-corrected chi connectivity index (χ1v) is 9.32. The largest absolute Gasteiger partial charge is 0.311 e. The van der Waals surface area contributed by atoms with E-state index in [1.165, 1.54) is 0 Å². The second-order valence-corrected chi connectivity index (χ2v) is 6.41. The average Bonchev–Trinajstić information content (AvgIpc) is 2.77. The minimum absolute atomic E-state index is 0.561. The van der Waals surface area contributed by atoms with Gasteiger partial charge in [0.1, 0.15) is 0 Å². The van der Waals surface area contributed by atoms with Crippen LogP contribution in [0.4, 0.5) is 22.7 Å². The van der Waals surface area contributed by atoms with Crippen LogP contribution in [0.2, 0.25) is 0 Å². The zero-order chi connectivity index (χ0) is 19.0. The molecule has 0 N–H and O–H groups in total.